The van der Waals surface area contributed by atoms with E-state index in [-0.39, 0.29) is 37.7 Å². The number of carbonyl (C=O) groups excluding carboxylic acids is 2. The van der Waals surface area contributed by atoms with Crippen molar-refractivity contribution in [1.29, 1.82) is 0 Å². The third-order valence-corrected chi connectivity index (χ3v) is 9.42. The van der Waals surface area contributed by atoms with Crippen LogP contribution in [-0.4, -0.2) is 82.6 Å². The number of carbonyl (C=O) groups is 4. The molecule has 2 amide bonds. The molecule has 6 N–H and O–H groups in total. The number of aliphatic hydroxyl groups excluding tert-OH is 2. The molecule has 0 bridgehead atoms. The molecule has 2 unspecified atom stereocenters. The van der Waals surface area contributed by atoms with Gasteiger partial charge in [0.15, 0.2) is 0 Å². The number of benzene rings is 4. The Hall–Kier alpha value is -5.40. The van der Waals surface area contributed by atoms with Crippen LogP contribution in [0.3, 0.4) is 0 Å². The number of fused-ring (bicyclic) bond motifs is 2. The van der Waals surface area contributed by atoms with Crippen molar-refractivity contribution in [2.24, 2.45) is 0 Å². The van der Waals surface area contributed by atoms with Crippen molar-refractivity contribution >= 4 is 35.1 Å². The van der Waals surface area contributed by atoms with Crippen LogP contribution in [0.15, 0.2) is 84.9 Å². The van der Waals surface area contributed by atoms with Crippen LogP contribution in [0.1, 0.15) is 55.8 Å². The highest BCUT2D eigenvalue weighted by molar-refractivity contribution is 6.09. The van der Waals surface area contributed by atoms with Gasteiger partial charge >= 0.3 is 11.9 Å². The van der Waals surface area contributed by atoms with Gasteiger partial charge in [0.05, 0.1) is 25.0 Å². The minimum absolute atomic E-state index is 0.118. The number of nitrogens with zero attached hydrogens (tertiary/aromatic N) is 2. The normalized spacial score (nSPS) is 14.5. The monoisotopic (exact) mass is 706 g/mol. The summed E-state index contributed by atoms with van der Waals surface area (Å²) in [5, 5.41) is 43.5. The van der Waals surface area contributed by atoms with Crippen LogP contribution in [0, 0.1) is 0 Å². The highest BCUT2D eigenvalue weighted by Gasteiger charge is 2.31. The summed E-state index contributed by atoms with van der Waals surface area (Å²) < 4.78 is 0. The lowest BCUT2D eigenvalue weighted by Gasteiger charge is -2.20. The van der Waals surface area contributed by atoms with Gasteiger partial charge in [-0.3, -0.25) is 19.2 Å². The summed E-state index contributed by atoms with van der Waals surface area (Å²) in [6.07, 6.45) is -1.32. The van der Waals surface area contributed by atoms with E-state index in [9.17, 15) is 29.4 Å². The maximum Gasteiger partial charge on any atom is 0.306 e. The molecule has 0 aromatic heterocycles. The zero-order valence-electron chi connectivity index (χ0n) is 28.6. The topological polar surface area (TPSA) is 180 Å². The lowest BCUT2D eigenvalue weighted by Crippen LogP contribution is -2.29. The fourth-order valence-corrected chi connectivity index (χ4v) is 7.05. The number of hydrogen-bond acceptors (Lipinski definition) is 8. The molecule has 0 fully saturated rings. The van der Waals surface area contributed by atoms with Crippen LogP contribution in [0.2, 0.25) is 0 Å². The fraction of sp³-hybridized carbons (Fsp3) is 0.300. The number of rotatable bonds is 15. The van der Waals surface area contributed by atoms with E-state index in [0.717, 1.165) is 44.8 Å². The van der Waals surface area contributed by atoms with E-state index in [1.165, 1.54) is 0 Å². The van der Waals surface area contributed by atoms with Gasteiger partial charge in [0.25, 0.3) is 11.8 Å². The summed E-state index contributed by atoms with van der Waals surface area (Å²) in [6, 6.07) is 26.6. The van der Waals surface area contributed by atoms with Crippen LogP contribution in [0.4, 0.5) is 11.4 Å². The number of carboxylic acid groups (broad SMARTS) is 2. The van der Waals surface area contributed by atoms with E-state index >= 15 is 0 Å². The van der Waals surface area contributed by atoms with E-state index in [0.29, 0.717) is 50.1 Å². The molecule has 52 heavy (non-hydrogen) atoms. The molecular formula is C40H42N4O8. The molecule has 6 rings (SSSR count). The molecule has 2 atom stereocenters. The minimum atomic E-state index is -1.07. The molecular weight excluding hydrogens is 664 g/mol. The third kappa shape index (κ3) is 8.38. The van der Waals surface area contributed by atoms with Crippen LogP contribution in [0.25, 0.3) is 11.1 Å². The van der Waals surface area contributed by atoms with E-state index < -0.39 is 24.1 Å². The molecule has 2 aliphatic rings. The van der Waals surface area contributed by atoms with Crippen LogP contribution in [0.5, 0.6) is 0 Å². The second-order valence-electron chi connectivity index (χ2n) is 13.2. The molecule has 0 spiro atoms. The number of aliphatic hydroxyl groups is 2. The Morgan fingerprint density at radius 2 is 1.00 bits per heavy atom. The van der Waals surface area contributed by atoms with Crippen molar-refractivity contribution in [2.75, 3.05) is 36.0 Å². The van der Waals surface area contributed by atoms with E-state index in [1.54, 1.807) is 21.9 Å². The van der Waals surface area contributed by atoms with Crippen LogP contribution >= 0.6 is 0 Å². The molecule has 0 saturated heterocycles. The summed E-state index contributed by atoms with van der Waals surface area (Å²) in [7, 11) is 0. The van der Waals surface area contributed by atoms with Gasteiger partial charge in [-0.05, 0) is 82.6 Å². The van der Waals surface area contributed by atoms with Crippen molar-refractivity contribution in [2.45, 2.75) is 51.0 Å². The first-order valence-corrected chi connectivity index (χ1v) is 17.4. The summed E-state index contributed by atoms with van der Waals surface area (Å²) in [4.78, 5) is 52.9. The summed E-state index contributed by atoms with van der Waals surface area (Å²) in [6.45, 7) is 2.05. The number of amides is 2. The molecule has 2 heterocycles. The Bertz CT molecular complexity index is 1840. The second-order valence-corrected chi connectivity index (χ2v) is 13.2. The van der Waals surface area contributed by atoms with Gasteiger partial charge in [-0.1, -0.05) is 48.5 Å². The first-order valence-electron chi connectivity index (χ1n) is 17.4. The van der Waals surface area contributed by atoms with Gasteiger partial charge in [0, 0.05) is 61.8 Å². The van der Waals surface area contributed by atoms with Gasteiger partial charge in [-0.25, -0.2) is 0 Å². The highest BCUT2D eigenvalue weighted by atomic mass is 16.4. The molecule has 12 heteroatoms. The smallest absolute Gasteiger partial charge is 0.306 e. The summed E-state index contributed by atoms with van der Waals surface area (Å²) >= 11 is 0. The molecule has 270 valence electrons. The highest BCUT2D eigenvalue weighted by Crippen LogP contribution is 2.42. The number of nitrogens with one attached hydrogen (secondary N) is 2. The average Bonchev–Trinajstić information content (AvgIpc) is 3.76. The Kier molecular flexibility index (Phi) is 11.4. The van der Waals surface area contributed by atoms with Crippen molar-refractivity contribution in [3.8, 4) is 11.1 Å². The maximum absolute atomic E-state index is 13.8. The first-order chi connectivity index (χ1) is 25.1. The van der Waals surface area contributed by atoms with E-state index in [2.05, 4.69) is 22.8 Å². The molecule has 0 aliphatic carbocycles. The molecule has 4 aromatic rings. The summed E-state index contributed by atoms with van der Waals surface area (Å²) in [5.41, 5.74) is 8.70. The fourth-order valence-electron chi connectivity index (χ4n) is 7.05. The van der Waals surface area contributed by atoms with Gasteiger partial charge in [-0.2, -0.15) is 0 Å². The Morgan fingerprint density at radius 3 is 1.40 bits per heavy atom. The predicted octanol–water partition coefficient (Wildman–Crippen LogP) is 3.61. The van der Waals surface area contributed by atoms with Crippen LogP contribution in [-0.2, 0) is 35.5 Å². The van der Waals surface area contributed by atoms with Gasteiger partial charge in [0.2, 0.25) is 0 Å². The maximum atomic E-state index is 13.8. The second kappa shape index (κ2) is 16.3. The van der Waals surface area contributed by atoms with E-state index in [4.69, 9.17) is 10.2 Å². The summed E-state index contributed by atoms with van der Waals surface area (Å²) in [5.74, 6) is -2.37. The van der Waals surface area contributed by atoms with Gasteiger partial charge < -0.3 is 40.9 Å². The number of anilines is 2. The number of aliphatic carboxylic acids is 2. The largest absolute Gasteiger partial charge is 0.481 e. The lowest BCUT2D eigenvalue weighted by atomic mass is 9.93. The van der Waals surface area contributed by atoms with Crippen LogP contribution < -0.4 is 20.4 Å². The quantitative estimate of drug-likeness (QED) is 0.107. The molecule has 2 aliphatic heterocycles. The zero-order chi connectivity index (χ0) is 36.8. The first kappa shape index (κ1) is 36.4. The minimum Gasteiger partial charge on any atom is -0.481 e. The zero-order valence-corrected chi connectivity index (χ0v) is 28.6. The SMILES string of the molecule is O=C(O)CC(O)CNCc1cccc(C(=O)N2CCc3c(-c4cccc5c4CCN5C(=O)c4cccc(CNCC(O)CC(=O)O)c4)cccc32)c1. The average molecular weight is 707 g/mol. The van der Waals surface area contributed by atoms with Crippen molar-refractivity contribution < 1.29 is 39.6 Å². The third-order valence-electron chi connectivity index (χ3n) is 9.42. The van der Waals surface area contributed by atoms with Gasteiger partial charge in [-0.15, -0.1) is 0 Å². The molecule has 0 saturated carbocycles. The van der Waals surface area contributed by atoms with E-state index in [1.807, 2.05) is 60.7 Å². The Balaban J connectivity index is 1.16. The Labute approximate surface area is 301 Å². The van der Waals surface area contributed by atoms with Crippen molar-refractivity contribution in [3.05, 3.63) is 118 Å². The van der Waals surface area contributed by atoms with Gasteiger partial charge in [0.1, 0.15) is 0 Å². The molecule has 0 radical (unpaired) electrons. The molecule has 4 aromatic carbocycles. The molecule has 12 nitrogen and oxygen atoms in total. The number of carboxylic acids is 2. The Morgan fingerprint density at radius 1 is 0.596 bits per heavy atom. The predicted molar refractivity (Wildman–Crippen MR) is 195 cm³/mol. The number of hydrogen-bond donors (Lipinski definition) is 6. The lowest BCUT2D eigenvalue weighted by molar-refractivity contribution is -0.140. The van der Waals surface area contributed by atoms with Crippen molar-refractivity contribution in [3.63, 3.8) is 0 Å². The van der Waals surface area contributed by atoms with Crippen molar-refractivity contribution in [1.82, 2.24) is 10.6 Å². The standard InChI is InChI=1S/C40H42N4O8/c45-29(19-37(47)48)23-41-21-25-5-1-7-27(17-25)39(51)43-15-13-33-31(9-3-11-35(33)43)32-10-4-12-36-34(32)14-16-44(36)40(52)28-8-2-6-26(18-28)22-42-24-30(46)20-38(49)50/h1-12,17-18,29-30,41-42,45-46H,13-16,19-24H2,(H,47,48)(H,49,50).